The molecule has 1 fully saturated rings. The van der Waals surface area contributed by atoms with E-state index in [2.05, 4.69) is 12.2 Å². The molecule has 1 heterocycles. The second-order valence-corrected chi connectivity index (χ2v) is 3.27. The van der Waals surface area contributed by atoms with Gasteiger partial charge in [-0.25, -0.2) is 0 Å². The Morgan fingerprint density at radius 2 is 2.36 bits per heavy atom. The largest absolute Gasteiger partial charge is 0.480 e. The van der Waals surface area contributed by atoms with Crippen molar-refractivity contribution in [3.05, 3.63) is 0 Å². The van der Waals surface area contributed by atoms with Crippen LogP contribution in [0.3, 0.4) is 0 Å². The summed E-state index contributed by atoms with van der Waals surface area (Å²) in [5, 5.41) is 11.8. The molecule has 0 amide bonds. The zero-order valence-electron chi connectivity index (χ0n) is 7.00. The van der Waals surface area contributed by atoms with Crippen molar-refractivity contribution >= 4 is 5.97 Å². The molecule has 1 aliphatic heterocycles. The van der Waals surface area contributed by atoms with Crippen molar-refractivity contribution in [1.82, 2.24) is 5.32 Å². The summed E-state index contributed by atoms with van der Waals surface area (Å²) in [5.74, 6) is 0.106. The Bertz CT molecular complexity index is 158. The molecule has 0 aliphatic carbocycles. The Morgan fingerprint density at radius 3 is 2.73 bits per heavy atom. The molecule has 0 aromatic carbocycles. The number of carboxylic acid groups (broad SMARTS) is 1. The number of nitrogens with one attached hydrogen (secondary N) is 1. The molecule has 1 saturated heterocycles. The van der Waals surface area contributed by atoms with Crippen LogP contribution in [0.15, 0.2) is 0 Å². The zero-order valence-corrected chi connectivity index (χ0v) is 7.00. The third-order valence-electron chi connectivity index (χ3n) is 2.56. The summed E-state index contributed by atoms with van der Waals surface area (Å²) in [6.07, 6.45) is 0.950. The maximum Gasteiger partial charge on any atom is 0.320 e. The fraction of sp³-hybridized carbons (Fsp3) is 0.875. The van der Waals surface area contributed by atoms with Crippen LogP contribution in [-0.4, -0.2) is 23.7 Å². The van der Waals surface area contributed by atoms with Gasteiger partial charge in [-0.15, -0.1) is 0 Å². The fourth-order valence-electron chi connectivity index (χ4n) is 1.85. The molecule has 0 unspecified atom stereocenters. The van der Waals surface area contributed by atoms with Crippen molar-refractivity contribution < 1.29 is 9.90 Å². The number of carbonyl (C=O) groups is 1. The summed E-state index contributed by atoms with van der Waals surface area (Å²) in [5.41, 5.74) is 0. The summed E-state index contributed by atoms with van der Waals surface area (Å²) in [6.45, 7) is 4.99. The third-order valence-corrected chi connectivity index (χ3v) is 2.56. The van der Waals surface area contributed by atoms with Gasteiger partial charge in [0, 0.05) is 0 Å². The van der Waals surface area contributed by atoms with Gasteiger partial charge in [-0.05, 0) is 18.4 Å². The average molecular weight is 157 g/mol. The Balaban J connectivity index is 2.61. The first-order valence-corrected chi connectivity index (χ1v) is 4.13. The van der Waals surface area contributed by atoms with Gasteiger partial charge in [-0.2, -0.15) is 0 Å². The highest BCUT2D eigenvalue weighted by molar-refractivity contribution is 5.74. The van der Waals surface area contributed by atoms with Crippen molar-refractivity contribution in [2.24, 2.45) is 11.8 Å². The fourth-order valence-corrected chi connectivity index (χ4v) is 1.85. The van der Waals surface area contributed by atoms with Gasteiger partial charge >= 0.3 is 5.97 Å². The van der Waals surface area contributed by atoms with Crippen LogP contribution >= 0.6 is 0 Å². The van der Waals surface area contributed by atoms with Gasteiger partial charge in [0.25, 0.3) is 0 Å². The Labute approximate surface area is 66.8 Å². The van der Waals surface area contributed by atoms with Crippen LogP contribution in [-0.2, 0) is 4.79 Å². The number of carboxylic acids is 1. The number of rotatable bonds is 2. The summed E-state index contributed by atoms with van der Waals surface area (Å²) in [6, 6.07) is -0.310. The molecule has 1 rings (SSSR count). The average Bonchev–Trinajstić information content (AvgIpc) is 2.30. The molecule has 0 bridgehead atoms. The van der Waals surface area contributed by atoms with E-state index in [1.54, 1.807) is 0 Å². The zero-order chi connectivity index (χ0) is 8.43. The minimum Gasteiger partial charge on any atom is -0.480 e. The summed E-state index contributed by atoms with van der Waals surface area (Å²) in [7, 11) is 0. The Morgan fingerprint density at radius 1 is 1.73 bits per heavy atom. The second-order valence-electron chi connectivity index (χ2n) is 3.27. The SMILES string of the molecule is CC[C@H]1[C@H](C)CN[C@@H]1C(=O)O. The molecular formula is C8H15NO2. The van der Waals surface area contributed by atoms with Gasteiger partial charge in [0.15, 0.2) is 0 Å². The maximum atomic E-state index is 10.7. The molecule has 3 atom stereocenters. The normalized spacial score (nSPS) is 37.5. The van der Waals surface area contributed by atoms with Crippen LogP contribution in [0.5, 0.6) is 0 Å². The van der Waals surface area contributed by atoms with Crippen molar-refractivity contribution in [2.75, 3.05) is 6.54 Å². The number of hydrogen-bond donors (Lipinski definition) is 2. The van der Waals surface area contributed by atoms with Crippen molar-refractivity contribution in [1.29, 1.82) is 0 Å². The van der Waals surface area contributed by atoms with E-state index in [0.717, 1.165) is 13.0 Å². The van der Waals surface area contributed by atoms with Crippen LogP contribution in [0.1, 0.15) is 20.3 Å². The van der Waals surface area contributed by atoms with Gasteiger partial charge in [0.2, 0.25) is 0 Å². The van der Waals surface area contributed by atoms with Crippen LogP contribution < -0.4 is 5.32 Å². The molecule has 0 aromatic rings. The minimum atomic E-state index is -0.707. The molecule has 64 valence electrons. The Kier molecular flexibility index (Phi) is 2.49. The quantitative estimate of drug-likeness (QED) is 0.620. The van der Waals surface area contributed by atoms with E-state index in [9.17, 15) is 4.79 Å². The predicted octanol–water partition coefficient (Wildman–Crippen LogP) is 0.705. The highest BCUT2D eigenvalue weighted by Crippen LogP contribution is 2.24. The molecule has 2 N–H and O–H groups in total. The molecule has 1 aliphatic rings. The van der Waals surface area contributed by atoms with E-state index < -0.39 is 5.97 Å². The minimum absolute atomic E-state index is 0.310. The number of aliphatic carboxylic acids is 1. The lowest BCUT2D eigenvalue weighted by atomic mass is 9.90. The first-order chi connectivity index (χ1) is 5.16. The standard InChI is InChI=1S/C8H15NO2/c1-3-6-5(2)4-9-7(6)8(10)11/h5-7,9H,3-4H2,1-2H3,(H,10,11)/t5-,6+,7+/m1/s1. The monoisotopic (exact) mass is 157 g/mol. The maximum absolute atomic E-state index is 10.7. The smallest absolute Gasteiger partial charge is 0.320 e. The lowest BCUT2D eigenvalue weighted by molar-refractivity contribution is -0.140. The van der Waals surface area contributed by atoms with Gasteiger partial charge in [0.1, 0.15) is 6.04 Å². The summed E-state index contributed by atoms with van der Waals surface area (Å²) >= 11 is 0. The van der Waals surface area contributed by atoms with E-state index >= 15 is 0 Å². The Hall–Kier alpha value is -0.570. The lowest BCUT2D eigenvalue weighted by Crippen LogP contribution is -2.35. The molecule has 11 heavy (non-hydrogen) atoms. The van der Waals surface area contributed by atoms with Crippen molar-refractivity contribution in [2.45, 2.75) is 26.3 Å². The van der Waals surface area contributed by atoms with Crippen molar-refractivity contribution in [3.8, 4) is 0 Å². The second kappa shape index (κ2) is 3.22. The molecule has 3 nitrogen and oxygen atoms in total. The number of hydrogen-bond acceptors (Lipinski definition) is 2. The molecule has 0 aromatic heterocycles. The van der Waals surface area contributed by atoms with E-state index in [0.29, 0.717) is 11.8 Å². The molecular weight excluding hydrogens is 142 g/mol. The first kappa shape index (κ1) is 8.53. The third kappa shape index (κ3) is 1.53. The van der Waals surface area contributed by atoms with E-state index in [4.69, 9.17) is 5.11 Å². The van der Waals surface area contributed by atoms with E-state index in [-0.39, 0.29) is 6.04 Å². The van der Waals surface area contributed by atoms with Gasteiger partial charge in [0.05, 0.1) is 0 Å². The molecule has 0 spiro atoms. The van der Waals surface area contributed by atoms with Crippen LogP contribution in [0.25, 0.3) is 0 Å². The van der Waals surface area contributed by atoms with Crippen LogP contribution in [0.4, 0.5) is 0 Å². The van der Waals surface area contributed by atoms with E-state index in [1.807, 2.05) is 6.92 Å². The molecule has 0 saturated carbocycles. The van der Waals surface area contributed by atoms with Gasteiger partial charge < -0.3 is 10.4 Å². The summed E-state index contributed by atoms with van der Waals surface area (Å²) < 4.78 is 0. The molecule has 0 radical (unpaired) electrons. The van der Waals surface area contributed by atoms with Gasteiger partial charge in [-0.3, -0.25) is 4.79 Å². The van der Waals surface area contributed by atoms with Crippen molar-refractivity contribution in [3.63, 3.8) is 0 Å². The van der Waals surface area contributed by atoms with Gasteiger partial charge in [-0.1, -0.05) is 20.3 Å². The van der Waals surface area contributed by atoms with Crippen LogP contribution in [0.2, 0.25) is 0 Å². The topological polar surface area (TPSA) is 49.3 Å². The predicted molar refractivity (Wildman–Crippen MR) is 42.4 cm³/mol. The highest BCUT2D eigenvalue weighted by Gasteiger charge is 2.36. The highest BCUT2D eigenvalue weighted by atomic mass is 16.4. The molecule has 3 heteroatoms. The van der Waals surface area contributed by atoms with Crippen LogP contribution in [0, 0.1) is 11.8 Å². The van der Waals surface area contributed by atoms with E-state index in [1.165, 1.54) is 0 Å². The lowest BCUT2D eigenvalue weighted by Gasteiger charge is -2.15. The summed E-state index contributed by atoms with van der Waals surface area (Å²) in [4.78, 5) is 10.7. The first-order valence-electron chi connectivity index (χ1n) is 4.13.